The summed E-state index contributed by atoms with van der Waals surface area (Å²) in [4.78, 5) is 7.81. The van der Waals surface area contributed by atoms with E-state index < -0.39 is 0 Å². The van der Waals surface area contributed by atoms with Crippen molar-refractivity contribution >= 4 is 28.0 Å². The Bertz CT molecular complexity index is 753. The number of hydrogen-bond donors (Lipinski definition) is 1. The molecule has 0 spiro atoms. The molecule has 0 saturated carbocycles. The van der Waals surface area contributed by atoms with E-state index in [-0.39, 0.29) is 0 Å². The van der Waals surface area contributed by atoms with Gasteiger partial charge in [0.25, 0.3) is 0 Å². The van der Waals surface area contributed by atoms with E-state index in [2.05, 4.69) is 53.2 Å². The molecule has 0 fully saturated rings. The molecule has 102 valence electrons. The van der Waals surface area contributed by atoms with Gasteiger partial charge < -0.3 is 4.98 Å². The van der Waals surface area contributed by atoms with E-state index in [9.17, 15) is 0 Å². The molecule has 2 heterocycles. The zero-order chi connectivity index (χ0) is 13.9. The Morgan fingerprint density at radius 2 is 1.95 bits per heavy atom. The minimum Gasteiger partial charge on any atom is -0.353 e. The number of hydrazone groups is 1. The van der Waals surface area contributed by atoms with Gasteiger partial charge in [-0.05, 0) is 26.0 Å². The normalized spacial score (nSPS) is 11.7. The summed E-state index contributed by atoms with van der Waals surface area (Å²) in [5, 5.41) is 8.85. The number of benzene rings is 1. The van der Waals surface area contributed by atoms with Crippen LogP contribution in [0.25, 0.3) is 21.8 Å². The van der Waals surface area contributed by atoms with Gasteiger partial charge in [-0.15, -0.1) is 0 Å². The number of para-hydroxylation sites is 1. The fourth-order valence-electron chi connectivity index (χ4n) is 2.36. The molecule has 0 aliphatic carbocycles. The highest BCUT2D eigenvalue weighted by Gasteiger charge is 2.04. The molecule has 0 bridgehead atoms. The lowest BCUT2D eigenvalue weighted by Crippen LogP contribution is -2.16. The van der Waals surface area contributed by atoms with Crippen molar-refractivity contribution in [2.24, 2.45) is 5.10 Å². The van der Waals surface area contributed by atoms with E-state index in [0.717, 1.165) is 29.8 Å². The van der Waals surface area contributed by atoms with Crippen LogP contribution in [0.3, 0.4) is 0 Å². The van der Waals surface area contributed by atoms with Crippen molar-refractivity contribution in [3.8, 4) is 0 Å². The predicted octanol–water partition coefficient (Wildman–Crippen LogP) is 3.39. The number of rotatable bonds is 4. The zero-order valence-electron chi connectivity index (χ0n) is 11.8. The fourth-order valence-corrected chi connectivity index (χ4v) is 2.36. The number of H-pyrrole nitrogens is 1. The van der Waals surface area contributed by atoms with Crippen LogP contribution in [0.2, 0.25) is 0 Å². The molecule has 4 nitrogen and oxygen atoms in total. The Kier molecular flexibility index (Phi) is 3.37. The predicted molar refractivity (Wildman–Crippen MR) is 84.1 cm³/mol. The Labute approximate surface area is 118 Å². The van der Waals surface area contributed by atoms with Gasteiger partial charge in [-0.3, -0.25) is 9.99 Å². The van der Waals surface area contributed by atoms with E-state index in [1.54, 1.807) is 0 Å². The number of aromatic nitrogens is 2. The monoisotopic (exact) mass is 266 g/mol. The first-order valence-electron chi connectivity index (χ1n) is 6.97. The van der Waals surface area contributed by atoms with Crippen LogP contribution >= 0.6 is 0 Å². The second kappa shape index (κ2) is 5.33. The number of aromatic amines is 1. The summed E-state index contributed by atoms with van der Waals surface area (Å²) in [6.07, 6.45) is 3.70. The van der Waals surface area contributed by atoms with Crippen LogP contribution in [0, 0.1) is 0 Å². The van der Waals surface area contributed by atoms with E-state index in [1.165, 1.54) is 10.8 Å². The third kappa shape index (κ3) is 2.25. The van der Waals surface area contributed by atoms with Crippen LogP contribution in [-0.2, 0) is 0 Å². The van der Waals surface area contributed by atoms with Crippen LogP contribution < -0.4 is 0 Å². The highest BCUT2D eigenvalue weighted by molar-refractivity contribution is 6.07. The van der Waals surface area contributed by atoms with Crippen molar-refractivity contribution in [2.75, 3.05) is 13.1 Å². The molecular formula is C16H18N4. The molecule has 3 rings (SSSR count). The SMILES string of the molecule is CCN(CC)N=Cc1cc2c(cn1)[nH]c1ccccc12. The van der Waals surface area contributed by atoms with Gasteiger partial charge in [0.05, 0.1) is 23.6 Å². The number of pyridine rings is 1. The van der Waals surface area contributed by atoms with Gasteiger partial charge in [-0.1, -0.05) is 18.2 Å². The number of hydrogen-bond acceptors (Lipinski definition) is 3. The lowest BCUT2D eigenvalue weighted by molar-refractivity contribution is 0.323. The van der Waals surface area contributed by atoms with Gasteiger partial charge in [-0.2, -0.15) is 5.10 Å². The summed E-state index contributed by atoms with van der Waals surface area (Å²) in [6.45, 7) is 6.00. The molecule has 20 heavy (non-hydrogen) atoms. The van der Waals surface area contributed by atoms with Crippen molar-refractivity contribution in [3.05, 3.63) is 42.2 Å². The first-order valence-corrected chi connectivity index (χ1v) is 6.97. The fraction of sp³-hybridized carbons (Fsp3) is 0.250. The average molecular weight is 266 g/mol. The zero-order valence-corrected chi connectivity index (χ0v) is 11.8. The van der Waals surface area contributed by atoms with E-state index >= 15 is 0 Å². The molecule has 0 aliphatic rings. The summed E-state index contributed by atoms with van der Waals surface area (Å²) >= 11 is 0. The Hall–Kier alpha value is -2.36. The van der Waals surface area contributed by atoms with Gasteiger partial charge in [0, 0.05) is 29.4 Å². The molecule has 3 aromatic rings. The maximum Gasteiger partial charge on any atom is 0.0838 e. The van der Waals surface area contributed by atoms with Crippen molar-refractivity contribution in [1.82, 2.24) is 15.0 Å². The third-order valence-corrected chi connectivity index (χ3v) is 3.50. The number of nitrogens with zero attached hydrogens (tertiary/aromatic N) is 3. The standard InChI is InChI=1S/C16H18N4/c1-3-20(4-2)18-10-12-9-14-13-7-5-6-8-15(13)19-16(14)11-17-12/h5-11,19H,3-4H2,1-2H3. The smallest absolute Gasteiger partial charge is 0.0838 e. The Balaban J connectivity index is 2.03. The molecule has 4 heteroatoms. The van der Waals surface area contributed by atoms with Crippen LogP contribution in [0.4, 0.5) is 0 Å². The molecule has 0 saturated heterocycles. The summed E-state index contributed by atoms with van der Waals surface area (Å²) in [5.41, 5.74) is 3.09. The minimum atomic E-state index is 0.883. The van der Waals surface area contributed by atoms with E-state index in [4.69, 9.17) is 0 Å². The molecule has 1 aromatic carbocycles. The molecule has 0 aliphatic heterocycles. The third-order valence-electron chi connectivity index (χ3n) is 3.50. The summed E-state index contributed by atoms with van der Waals surface area (Å²) in [7, 11) is 0. The van der Waals surface area contributed by atoms with Gasteiger partial charge >= 0.3 is 0 Å². The van der Waals surface area contributed by atoms with Crippen molar-refractivity contribution in [2.45, 2.75) is 13.8 Å². The molecule has 2 aromatic heterocycles. The lowest BCUT2D eigenvalue weighted by Gasteiger charge is -2.12. The van der Waals surface area contributed by atoms with Gasteiger partial charge in [0.1, 0.15) is 0 Å². The van der Waals surface area contributed by atoms with Gasteiger partial charge in [-0.25, -0.2) is 0 Å². The van der Waals surface area contributed by atoms with Crippen LogP contribution in [0.1, 0.15) is 19.5 Å². The van der Waals surface area contributed by atoms with Crippen molar-refractivity contribution in [3.63, 3.8) is 0 Å². The summed E-state index contributed by atoms with van der Waals surface area (Å²) in [6, 6.07) is 10.4. The highest BCUT2D eigenvalue weighted by atomic mass is 15.4. The maximum atomic E-state index is 4.44. The minimum absolute atomic E-state index is 0.883. The second-order valence-corrected chi connectivity index (χ2v) is 4.71. The topological polar surface area (TPSA) is 44.3 Å². The molecule has 0 amide bonds. The Morgan fingerprint density at radius 1 is 1.15 bits per heavy atom. The van der Waals surface area contributed by atoms with E-state index in [1.807, 2.05) is 23.5 Å². The second-order valence-electron chi connectivity index (χ2n) is 4.71. The Morgan fingerprint density at radius 3 is 2.75 bits per heavy atom. The molecular weight excluding hydrogens is 248 g/mol. The average Bonchev–Trinajstić information content (AvgIpc) is 2.86. The van der Waals surface area contributed by atoms with Gasteiger partial charge in [0.2, 0.25) is 0 Å². The molecule has 0 atom stereocenters. The first kappa shape index (κ1) is 12.7. The molecule has 1 N–H and O–H groups in total. The van der Waals surface area contributed by atoms with Crippen molar-refractivity contribution in [1.29, 1.82) is 0 Å². The van der Waals surface area contributed by atoms with E-state index in [0.29, 0.717) is 0 Å². The highest BCUT2D eigenvalue weighted by Crippen LogP contribution is 2.24. The molecule has 0 unspecified atom stereocenters. The van der Waals surface area contributed by atoms with Crippen LogP contribution in [-0.4, -0.2) is 34.3 Å². The van der Waals surface area contributed by atoms with Crippen LogP contribution in [0.15, 0.2) is 41.6 Å². The summed E-state index contributed by atoms with van der Waals surface area (Å²) < 4.78 is 0. The lowest BCUT2D eigenvalue weighted by atomic mass is 10.2. The van der Waals surface area contributed by atoms with Crippen LogP contribution in [0.5, 0.6) is 0 Å². The number of nitrogens with one attached hydrogen (secondary N) is 1. The quantitative estimate of drug-likeness (QED) is 0.581. The first-order chi connectivity index (χ1) is 9.81. The molecule has 0 radical (unpaired) electrons. The van der Waals surface area contributed by atoms with Crippen molar-refractivity contribution < 1.29 is 0 Å². The number of fused-ring (bicyclic) bond motifs is 3. The largest absolute Gasteiger partial charge is 0.353 e. The maximum absolute atomic E-state index is 4.44. The summed E-state index contributed by atoms with van der Waals surface area (Å²) in [5.74, 6) is 0. The van der Waals surface area contributed by atoms with Gasteiger partial charge in [0.15, 0.2) is 0 Å².